The molecule has 0 unspecified atom stereocenters. The number of hydrogen-bond acceptors (Lipinski definition) is 2. The second-order valence-electron chi connectivity index (χ2n) is 5.50. The third-order valence-electron chi connectivity index (χ3n) is 3.24. The fourth-order valence-corrected chi connectivity index (χ4v) is 3.27. The minimum absolute atomic E-state index is 0.0757. The number of hydrogen-bond donors (Lipinski definition) is 0. The molecule has 2 aromatic heterocycles. The Labute approximate surface area is 110 Å². The third kappa shape index (κ3) is 1.46. The topological polar surface area (TPSA) is 28.7 Å². The van der Waals surface area contributed by atoms with Crippen LogP contribution >= 0.6 is 11.3 Å². The van der Waals surface area contributed by atoms with E-state index < -0.39 is 0 Å². The van der Waals surface area contributed by atoms with Gasteiger partial charge in [0.15, 0.2) is 0 Å². The quantitative estimate of drug-likeness (QED) is 0.581. The van der Waals surface area contributed by atoms with Crippen molar-refractivity contribution in [2.45, 2.75) is 26.3 Å². The van der Waals surface area contributed by atoms with E-state index in [-0.39, 0.29) is 5.54 Å². The van der Waals surface area contributed by atoms with E-state index in [1.165, 1.54) is 15.5 Å². The normalized spacial score (nSPS) is 12.1. The minimum Gasteiger partial charge on any atom is -0.333 e. The van der Waals surface area contributed by atoms with Gasteiger partial charge in [-0.2, -0.15) is 5.26 Å². The largest absolute Gasteiger partial charge is 0.333 e. The molecule has 0 atom stereocenters. The molecule has 0 bridgehead atoms. The van der Waals surface area contributed by atoms with Crippen LogP contribution in [-0.4, -0.2) is 4.57 Å². The first-order valence-corrected chi connectivity index (χ1v) is 6.82. The Morgan fingerprint density at radius 1 is 1.17 bits per heavy atom. The number of rotatable bonds is 0. The van der Waals surface area contributed by atoms with Crippen LogP contribution in [0.2, 0.25) is 0 Å². The number of nitrogens with zero attached hydrogens (tertiary/aromatic N) is 2. The lowest BCUT2D eigenvalue weighted by molar-refractivity contribution is 0.396. The Hall–Kier alpha value is -1.79. The first-order chi connectivity index (χ1) is 8.52. The van der Waals surface area contributed by atoms with Gasteiger partial charge >= 0.3 is 0 Å². The van der Waals surface area contributed by atoms with Gasteiger partial charge in [-0.25, -0.2) is 0 Å². The van der Waals surface area contributed by atoms with Gasteiger partial charge in [0.25, 0.3) is 0 Å². The lowest BCUT2D eigenvalue weighted by atomic mass is 10.1. The van der Waals surface area contributed by atoms with Crippen molar-refractivity contribution in [3.05, 3.63) is 35.5 Å². The van der Waals surface area contributed by atoms with Crippen molar-refractivity contribution in [2.75, 3.05) is 0 Å². The van der Waals surface area contributed by atoms with Crippen LogP contribution in [-0.2, 0) is 5.54 Å². The molecule has 0 aliphatic heterocycles. The van der Waals surface area contributed by atoms with Crippen molar-refractivity contribution >= 4 is 32.2 Å². The summed E-state index contributed by atoms with van der Waals surface area (Å²) < 4.78 is 3.35. The van der Waals surface area contributed by atoms with Crippen molar-refractivity contribution in [3.8, 4) is 6.07 Å². The molecule has 2 heterocycles. The molecule has 18 heavy (non-hydrogen) atoms. The van der Waals surface area contributed by atoms with E-state index >= 15 is 0 Å². The van der Waals surface area contributed by atoms with Crippen molar-refractivity contribution in [1.29, 1.82) is 5.26 Å². The zero-order chi connectivity index (χ0) is 12.9. The summed E-state index contributed by atoms with van der Waals surface area (Å²) >= 11 is 1.74. The molecule has 0 spiro atoms. The first-order valence-electron chi connectivity index (χ1n) is 5.94. The second-order valence-corrected chi connectivity index (χ2v) is 6.41. The minimum atomic E-state index is -0.0757. The zero-order valence-electron chi connectivity index (χ0n) is 10.7. The third-order valence-corrected chi connectivity index (χ3v) is 4.21. The van der Waals surface area contributed by atoms with Crippen LogP contribution in [0.15, 0.2) is 29.8 Å². The van der Waals surface area contributed by atoms with Crippen LogP contribution in [0.25, 0.3) is 20.9 Å². The molecule has 0 amide bonds. The Morgan fingerprint density at radius 2 is 1.94 bits per heavy atom. The fraction of sp³-hybridized carbons (Fsp3) is 0.267. The van der Waals surface area contributed by atoms with Crippen LogP contribution in [0.1, 0.15) is 26.5 Å². The molecule has 3 aromatic rings. The maximum Gasteiger partial charge on any atom is 0.128 e. The lowest BCUT2D eigenvalue weighted by Crippen LogP contribution is -2.22. The molecule has 0 radical (unpaired) electrons. The van der Waals surface area contributed by atoms with Gasteiger partial charge in [0.05, 0.1) is 0 Å². The van der Waals surface area contributed by atoms with Crippen LogP contribution in [0.4, 0.5) is 0 Å². The van der Waals surface area contributed by atoms with Crippen molar-refractivity contribution < 1.29 is 0 Å². The molecule has 3 heteroatoms. The number of benzene rings is 1. The van der Waals surface area contributed by atoms with Gasteiger partial charge < -0.3 is 4.57 Å². The Kier molecular flexibility index (Phi) is 2.26. The molecule has 0 aliphatic rings. The molecule has 0 saturated carbocycles. The predicted molar refractivity (Wildman–Crippen MR) is 77.0 cm³/mol. The summed E-state index contributed by atoms with van der Waals surface area (Å²) in [5.41, 5.74) is 0.681. The van der Waals surface area contributed by atoms with Crippen LogP contribution < -0.4 is 0 Å². The predicted octanol–water partition coefficient (Wildman–Crippen LogP) is 4.48. The second kappa shape index (κ2) is 3.60. The van der Waals surface area contributed by atoms with Gasteiger partial charge in [-0.05, 0) is 37.6 Å². The van der Waals surface area contributed by atoms with Gasteiger partial charge in [0, 0.05) is 27.2 Å². The monoisotopic (exact) mass is 254 g/mol. The van der Waals surface area contributed by atoms with Crippen LogP contribution in [0.5, 0.6) is 0 Å². The van der Waals surface area contributed by atoms with Crippen molar-refractivity contribution in [1.82, 2.24) is 4.57 Å². The maximum atomic E-state index is 9.42. The van der Waals surface area contributed by atoms with E-state index in [2.05, 4.69) is 61.2 Å². The molecule has 0 fully saturated rings. The van der Waals surface area contributed by atoms with Gasteiger partial charge in [0.2, 0.25) is 0 Å². The Balaban J connectivity index is 2.50. The summed E-state index contributed by atoms with van der Waals surface area (Å²) in [4.78, 5) is 0. The fourth-order valence-electron chi connectivity index (χ4n) is 2.36. The SMILES string of the molecule is CC(C)(C)n1cc2c(ccc3ccsc32)c1C#N. The number of thiophene rings is 1. The zero-order valence-corrected chi connectivity index (χ0v) is 11.5. The summed E-state index contributed by atoms with van der Waals surface area (Å²) in [7, 11) is 0. The van der Waals surface area contributed by atoms with Gasteiger partial charge in [-0.15, -0.1) is 11.3 Å². The summed E-state index contributed by atoms with van der Waals surface area (Å²) in [5, 5.41) is 15.0. The maximum absolute atomic E-state index is 9.42. The van der Waals surface area contributed by atoms with Crippen LogP contribution in [0.3, 0.4) is 0 Å². The van der Waals surface area contributed by atoms with Gasteiger partial charge in [0.1, 0.15) is 11.8 Å². The number of aromatic nitrogens is 1. The highest BCUT2D eigenvalue weighted by Crippen LogP contribution is 2.34. The standard InChI is InChI=1S/C15H14N2S/c1-15(2,3)17-9-12-11(13(17)8-16)5-4-10-6-7-18-14(10)12/h4-7,9H,1-3H3. The summed E-state index contributed by atoms with van der Waals surface area (Å²) in [6, 6.07) is 8.63. The number of fused-ring (bicyclic) bond motifs is 3. The van der Waals surface area contributed by atoms with E-state index in [9.17, 15) is 5.26 Å². The molecular weight excluding hydrogens is 240 g/mol. The van der Waals surface area contributed by atoms with E-state index in [0.717, 1.165) is 11.1 Å². The van der Waals surface area contributed by atoms with Crippen molar-refractivity contribution in [3.63, 3.8) is 0 Å². The summed E-state index contributed by atoms with van der Waals surface area (Å²) in [5.74, 6) is 0. The van der Waals surface area contributed by atoms with E-state index in [1.54, 1.807) is 11.3 Å². The molecule has 90 valence electrons. The molecule has 0 saturated heterocycles. The number of nitriles is 1. The van der Waals surface area contributed by atoms with E-state index in [1.807, 2.05) is 0 Å². The molecule has 1 aromatic carbocycles. The van der Waals surface area contributed by atoms with E-state index in [4.69, 9.17) is 0 Å². The Bertz CT molecular complexity index is 778. The van der Waals surface area contributed by atoms with E-state index in [0.29, 0.717) is 0 Å². The average Bonchev–Trinajstić information content (AvgIpc) is 2.90. The Morgan fingerprint density at radius 3 is 2.61 bits per heavy atom. The van der Waals surface area contributed by atoms with Crippen LogP contribution in [0, 0.1) is 11.3 Å². The average molecular weight is 254 g/mol. The highest BCUT2D eigenvalue weighted by atomic mass is 32.1. The van der Waals surface area contributed by atoms with Gasteiger partial charge in [-0.1, -0.05) is 12.1 Å². The highest BCUT2D eigenvalue weighted by molar-refractivity contribution is 7.18. The lowest BCUT2D eigenvalue weighted by Gasteiger charge is -2.22. The molecule has 2 nitrogen and oxygen atoms in total. The smallest absolute Gasteiger partial charge is 0.128 e. The summed E-state index contributed by atoms with van der Waals surface area (Å²) in [6.45, 7) is 6.37. The molecule has 0 N–H and O–H groups in total. The summed E-state index contributed by atoms with van der Waals surface area (Å²) in [6.07, 6.45) is 2.12. The molecule has 3 rings (SSSR count). The van der Waals surface area contributed by atoms with Crippen molar-refractivity contribution in [2.24, 2.45) is 0 Å². The van der Waals surface area contributed by atoms with Gasteiger partial charge in [-0.3, -0.25) is 0 Å². The molecular formula is C15H14N2S. The highest BCUT2D eigenvalue weighted by Gasteiger charge is 2.20. The molecule has 0 aliphatic carbocycles. The first kappa shape index (κ1) is 11.3.